The Hall–Kier alpha value is -3.94. The summed E-state index contributed by atoms with van der Waals surface area (Å²) in [7, 11) is 0. The number of anilines is 1. The summed E-state index contributed by atoms with van der Waals surface area (Å²) in [6.45, 7) is 2.03. The van der Waals surface area contributed by atoms with E-state index in [4.69, 9.17) is 21.7 Å². The summed E-state index contributed by atoms with van der Waals surface area (Å²) in [5.74, 6) is -0.759. The molecule has 0 atom stereocenters. The molecule has 0 aliphatic heterocycles. The van der Waals surface area contributed by atoms with Crippen LogP contribution in [0.2, 0.25) is 5.02 Å². The van der Waals surface area contributed by atoms with Crippen molar-refractivity contribution in [1.29, 1.82) is 5.41 Å². The number of carboxylic acid groups (broad SMARTS) is 1. The van der Waals surface area contributed by atoms with Gasteiger partial charge >= 0.3 is 12.1 Å². The van der Waals surface area contributed by atoms with Crippen LogP contribution in [-0.4, -0.2) is 23.4 Å². The fraction of sp³-hybridized carbons (Fsp3) is 0.194. The van der Waals surface area contributed by atoms with Crippen LogP contribution in [-0.2, 0) is 28.0 Å². The minimum atomic E-state index is -0.759. The fourth-order valence-electron chi connectivity index (χ4n) is 4.71. The lowest BCUT2D eigenvalue weighted by Gasteiger charge is -2.12. The maximum absolute atomic E-state index is 12.8. The molecule has 1 aliphatic rings. The van der Waals surface area contributed by atoms with Crippen molar-refractivity contribution in [3.05, 3.63) is 99.4 Å². The zero-order valence-electron chi connectivity index (χ0n) is 21.3. The molecule has 39 heavy (non-hydrogen) atoms. The molecule has 1 saturated carbocycles. The highest BCUT2D eigenvalue weighted by Gasteiger charge is 2.51. The Labute approximate surface area is 235 Å². The standard InChI is InChI=1S/C31H27ClN2O4S/c1-19-25(14-17-33)27(34-30(37)38-18-23-4-2-3-5-26(23)32)28(39-19)22-8-6-20(7-9-22)21-10-12-24(13-11-21)31(15-16-31)29(35)36/h2-13,17,33H,14-16,18H2,1H3,(H,34,37)(H,35,36). The van der Waals surface area contributed by atoms with E-state index in [1.54, 1.807) is 17.4 Å². The van der Waals surface area contributed by atoms with E-state index >= 15 is 0 Å². The first-order valence-corrected chi connectivity index (χ1v) is 13.7. The quantitative estimate of drug-likeness (QED) is 0.181. The first-order chi connectivity index (χ1) is 18.8. The molecule has 0 unspecified atom stereocenters. The minimum absolute atomic E-state index is 0.0466. The highest BCUT2D eigenvalue weighted by atomic mass is 35.5. The number of hydrogen-bond donors (Lipinski definition) is 3. The maximum Gasteiger partial charge on any atom is 0.412 e. The number of ether oxygens (including phenoxy) is 1. The minimum Gasteiger partial charge on any atom is -0.481 e. The Kier molecular flexibility index (Phi) is 7.55. The summed E-state index contributed by atoms with van der Waals surface area (Å²) in [6.07, 6.45) is 2.49. The van der Waals surface area contributed by atoms with E-state index in [1.165, 1.54) is 6.21 Å². The predicted octanol–water partition coefficient (Wildman–Crippen LogP) is 8.10. The van der Waals surface area contributed by atoms with Gasteiger partial charge in [0.05, 0.1) is 16.0 Å². The Balaban J connectivity index is 1.36. The monoisotopic (exact) mass is 558 g/mol. The highest BCUT2D eigenvalue weighted by Crippen LogP contribution is 2.48. The van der Waals surface area contributed by atoms with Gasteiger partial charge in [0.2, 0.25) is 0 Å². The molecule has 1 fully saturated rings. The van der Waals surface area contributed by atoms with E-state index in [1.807, 2.05) is 73.7 Å². The van der Waals surface area contributed by atoms with Crippen LogP contribution in [0.15, 0.2) is 72.8 Å². The summed E-state index contributed by atoms with van der Waals surface area (Å²) in [4.78, 5) is 26.3. The first kappa shape index (κ1) is 26.7. The molecular weight excluding hydrogens is 532 g/mol. The molecule has 1 aliphatic carbocycles. The molecule has 3 N–H and O–H groups in total. The van der Waals surface area contributed by atoms with Gasteiger partial charge in [0, 0.05) is 21.9 Å². The second-order valence-electron chi connectivity index (χ2n) is 9.58. The summed E-state index contributed by atoms with van der Waals surface area (Å²) in [6, 6.07) is 23.0. The molecule has 1 aromatic heterocycles. The lowest BCUT2D eigenvalue weighted by atomic mass is 9.93. The van der Waals surface area contributed by atoms with Gasteiger partial charge in [-0.2, -0.15) is 0 Å². The van der Waals surface area contributed by atoms with Gasteiger partial charge < -0.3 is 15.3 Å². The van der Waals surface area contributed by atoms with Crippen molar-refractivity contribution < 1.29 is 19.4 Å². The van der Waals surface area contributed by atoms with Gasteiger partial charge in [0.1, 0.15) is 6.61 Å². The molecule has 8 heteroatoms. The lowest BCUT2D eigenvalue weighted by molar-refractivity contribution is -0.140. The number of thiophene rings is 1. The van der Waals surface area contributed by atoms with Crippen LogP contribution in [0.4, 0.5) is 10.5 Å². The Bertz CT molecular complexity index is 1540. The largest absolute Gasteiger partial charge is 0.481 e. The van der Waals surface area contributed by atoms with E-state index in [9.17, 15) is 14.7 Å². The van der Waals surface area contributed by atoms with E-state index in [-0.39, 0.29) is 6.61 Å². The van der Waals surface area contributed by atoms with E-state index in [2.05, 4.69) is 5.32 Å². The fourth-order valence-corrected chi connectivity index (χ4v) is 6.04. The molecule has 5 rings (SSSR count). The molecule has 6 nitrogen and oxygen atoms in total. The van der Waals surface area contributed by atoms with Gasteiger partial charge in [-0.3, -0.25) is 10.1 Å². The van der Waals surface area contributed by atoms with Crippen molar-refractivity contribution in [3.8, 4) is 21.6 Å². The van der Waals surface area contributed by atoms with Gasteiger partial charge in [0.15, 0.2) is 0 Å². The number of hydrogen-bond acceptors (Lipinski definition) is 5. The number of carboxylic acids is 1. The van der Waals surface area contributed by atoms with Gasteiger partial charge in [0.25, 0.3) is 0 Å². The Morgan fingerprint density at radius 3 is 2.23 bits per heavy atom. The topological polar surface area (TPSA) is 99.5 Å². The van der Waals surface area contributed by atoms with Gasteiger partial charge in [-0.15, -0.1) is 11.3 Å². The number of amides is 1. The van der Waals surface area contributed by atoms with Crippen molar-refractivity contribution in [3.63, 3.8) is 0 Å². The zero-order valence-corrected chi connectivity index (χ0v) is 22.9. The SMILES string of the molecule is Cc1sc(-c2ccc(-c3ccc(C4(C(=O)O)CC4)cc3)cc2)c(NC(=O)OCc2ccccc2Cl)c1CC=N. The zero-order chi connectivity index (χ0) is 27.6. The summed E-state index contributed by atoms with van der Waals surface area (Å²) in [5.41, 5.74) is 5.31. The van der Waals surface area contributed by atoms with Gasteiger partial charge in [-0.25, -0.2) is 4.79 Å². The molecule has 198 valence electrons. The molecule has 1 heterocycles. The molecule has 3 aromatic carbocycles. The third kappa shape index (κ3) is 5.46. The van der Waals surface area contributed by atoms with Crippen molar-refractivity contribution in [2.45, 2.75) is 38.2 Å². The number of benzene rings is 3. The molecule has 4 aromatic rings. The third-order valence-corrected chi connectivity index (χ3v) is 8.70. The van der Waals surface area contributed by atoms with Gasteiger partial charge in [-0.1, -0.05) is 78.3 Å². The number of nitrogens with one attached hydrogen (secondary N) is 2. The average molecular weight is 559 g/mol. The van der Waals surface area contributed by atoms with Crippen molar-refractivity contribution in [2.24, 2.45) is 0 Å². The van der Waals surface area contributed by atoms with Crippen molar-refractivity contribution in [2.75, 3.05) is 5.32 Å². The van der Waals surface area contributed by atoms with Crippen LogP contribution >= 0.6 is 22.9 Å². The van der Waals surface area contributed by atoms with Crippen molar-refractivity contribution >= 4 is 46.9 Å². The molecule has 0 radical (unpaired) electrons. The Morgan fingerprint density at radius 1 is 1.03 bits per heavy atom. The van der Waals surface area contributed by atoms with Crippen LogP contribution < -0.4 is 5.32 Å². The summed E-state index contributed by atoms with van der Waals surface area (Å²) < 4.78 is 5.45. The summed E-state index contributed by atoms with van der Waals surface area (Å²) >= 11 is 7.74. The second-order valence-corrected chi connectivity index (χ2v) is 11.2. The first-order valence-electron chi connectivity index (χ1n) is 12.6. The average Bonchev–Trinajstić information content (AvgIpc) is 3.71. The van der Waals surface area contributed by atoms with Crippen LogP contribution in [0.1, 0.15) is 34.4 Å². The third-order valence-electron chi connectivity index (χ3n) is 7.14. The number of aliphatic carboxylic acids is 1. The van der Waals surface area contributed by atoms with E-state index in [0.717, 1.165) is 43.1 Å². The number of carbonyl (C=O) groups excluding carboxylic acids is 1. The highest BCUT2D eigenvalue weighted by molar-refractivity contribution is 7.16. The number of halogens is 1. The van der Waals surface area contributed by atoms with E-state index < -0.39 is 17.5 Å². The maximum atomic E-state index is 12.8. The predicted molar refractivity (Wildman–Crippen MR) is 156 cm³/mol. The van der Waals surface area contributed by atoms with Crippen LogP contribution in [0, 0.1) is 12.3 Å². The number of aryl methyl sites for hydroxylation is 1. The van der Waals surface area contributed by atoms with Crippen LogP contribution in [0.3, 0.4) is 0 Å². The molecule has 0 saturated heterocycles. The second kappa shape index (κ2) is 11.0. The molecule has 1 amide bonds. The van der Waals surface area contributed by atoms with Crippen molar-refractivity contribution in [1.82, 2.24) is 0 Å². The normalized spacial score (nSPS) is 13.5. The molecule has 0 spiro atoms. The molecular formula is C31H27ClN2O4S. The van der Waals surface area contributed by atoms with E-state index in [0.29, 0.717) is 30.0 Å². The Morgan fingerprint density at radius 2 is 1.64 bits per heavy atom. The molecule has 0 bridgehead atoms. The smallest absolute Gasteiger partial charge is 0.412 e. The van der Waals surface area contributed by atoms with Crippen LogP contribution in [0.25, 0.3) is 21.6 Å². The number of rotatable bonds is 9. The van der Waals surface area contributed by atoms with Gasteiger partial charge in [-0.05, 0) is 59.9 Å². The number of carbonyl (C=O) groups is 2. The van der Waals surface area contributed by atoms with Crippen LogP contribution in [0.5, 0.6) is 0 Å². The summed E-state index contributed by atoms with van der Waals surface area (Å²) in [5, 5.41) is 20.6. The lowest BCUT2D eigenvalue weighted by Crippen LogP contribution is -2.19.